The molecular weight excluding hydrogens is 264 g/mol. The Labute approximate surface area is 139 Å². The van der Waals surface area contributed by atoms with E-state index in [-0.39, 0.29) is 0 Å². The van der Waals surface area contributed by atoms with Crippen molar-refractivity contribution in [2.75, 3.05) is 0 Å². The third-order valence-corrected chi connectivity index (χ3v) is 4.30. The third-order valence-electron chi connectivity index (χ3n) is 4.30. The molecule has 124 valence electrons. The van der Waals surface area contributed by atoms with Gasteiger partial charge in [-0.25, -0.2) is 0 Å². The van der Waals surface area contributed by atoms with Gasteiger partial charge in [-0.3, -0.25) is 0 Å². The number of unbranched alkanes of at least 4 members (excludes halogenated alkanes) is 8. The average Bonchev–Trinajstić information content (AvgIpc) is 3.04. The summed E-state index contributed by atoms with van der Waals surface area (Å²) in [5, 5.41) is 0. The second kappa shape index (κ2) is 14.9. The van der Waals surface area contributed by atoms with E-state index in [4.69, 9.17) is 0 Å². The first-order valence-electron chi connectivity index (χ1n) is 9.58. The van der Waals surface area contributed by atoms with Crippen molar-refractivity contribution in [3.05, 3.63) is 48.1 Å². The van der Waals surface area contributed by atoms with Crippen LogP contribution >= 0.6 is 0 Å². The Balaban J connectivity index is 1.77. The van der Waals surface area contributed by atoms with E-state index in [9.17, 15) is 0 Å². The minimum atomic E-state index is 1.12. The zero-order valence-corrected chi connectivity index (χ0v) is 14.7. The number of hydrogen-bond donors (Lipinski definition) is 0. The van der Waals surface area contributed by atoms with Crippen molar-refractivity contribution in [1.29, 1.82) is 0 Å². The van der Waals surface area contributed by atoms with Crippen molar-refractivity contribution in [2.24, 2.45) is 0 Å². The van der Waals surface area contributed by atoms with Crippen LogP contribution in [-0.2, 0) is 0 Å². The summed E-state index contributed by atoms with van der Waals surface area (Å²) in [4.78, 5) is 0. The van der Waals surface area contributed by atoms with Crippen molar-refractivity contribution in [2.45, 2.75) is 90.4 Å². The van der Waals surface area contributed by atoms with Crippen LogP contribution in [0.15, 0.2) is 48.1 Å². The monoisotopic (exact) mass is 300 g/mol. The highest BCUT2D eigenvalue weighted by molar-refractivity contribution is 5.22. The molecule has 0 heterocycles. The average molecular weight is 301 g/mol. The Morgan fingerprint density at radius 1 is 0.818 bits per heavy atom. The maximum absolute atomic E-state index is 2.37. The summed E-state index contributed by atoms with van der Waals surface area (Å²) >= 11 is 0. The summed E-state index contributed by atoms with van der Waals surface area (Å²) in [6.45, 7) is 2.26. The van der Waals surface area contributed by atoms with Gasteiger partial charge >= 0.3 is 0 Å². The molecule has 0 unspecified atom stereocenters. The minimum absolute atomic E-state index is 1.12. The molecule has 0 spiro atoms. The first-order chi connectivity index (χ1) is 10.9. The van der Waals surface area contributed by atoms with E-state index in [0.29, 0.717) is 0 Å². The molecule has 1 rings (SSSR count). The maximum Gasteiger partial charge on any atom is -0.0133 e. The van der Waals surface area contributed by atoms with Gasteiger partial charge in [-0.2, -0.15) is 0 Å². The molecule has 0 N–H and O–H groups in total. The van der Waals surface area contributed by atoms with Gasteiger partial charge in [0.15, 0.2) is 0 Å². The van der Waals surface area contributed by atoms with E-state index in [0.717, 1.165) is 6.42 Å². The van der Waals surface area contributed by atoms with Gasteiger partial charge in [-0.15, -0.1) is 0 Å². The second-order valence-electron chi connectivity index (χ2n) is 6.44. The van der Waals surface area contributed by atoms with Crippen LogP contribution in [-0.4, -0.2) is 0 Å². The van der Waals surface area contributed by atoms with Crippen LogP contribution < -0.4 is 0 Å². The molecule has 0 aromatic heterocycles. The molecule has 22 heavy (non-hydrogen) atoms. The summed E-state index contributed by atoms with van der Waals surface area (Å²) < 4.78 is 0. The van der Waals surface area contributed by atoms with Gasteiger partial charge < -0.3 is 0 Å². The summed E-state index contributed by atoms with van der Waals surface area (Å²) in [7, 11) is 0. The van der Waals surface area contributed by atoms with Gasteiger partial charge in [-0.05, 0) is 51.4 Å². The fourth-order valence-electron chi connectivity index (χ4n) is 2.84. The molecule has 0 bridgehead atoms. The summed E-state index contributed by atoms with van der Waals surface area (Å²) in [6.07, 6.45) is 33.3. The maximum atomic E-state index is 2.37. The molecular formula is C22H36. The van der Waals surface area contributed by atoms with Crippen LogP contribution in [0.5, 0.6) is 0 Å². The molecule has 0 aliphatic heterocycles. The van der Waals surface area contributed by atoms with Crippen LogP contribution in [0.2, 0.25) is 0 Å². The van der Waals surface area contributed by atoms with E-state index in [1.165, 1.54) is 77.0 Å². The molecule has 1 aliphatic rings. The van der Waals surface area contributed by atoms with Crippen molar-refractivity contribution in [3.63, 3.8) is 0 Å². The Morgan fingerprint density at radius 3 is 2.18 bits per heavy atom. The van der Waals surface area contributed by atoms with Crippen LogP contribution in [0, 0.1) is 0 Å². The molecule has 0 aromatic rings. The molecule has 0 saturated heterocycles. The van der Waals surface area contributed by atoms with Crippen LogP contribution in [0.1, 0.15) is 90.4 Å². The molecule has 0 amide bonds. The zero-order chi connectivity index (χ0) is 15.7. The van der Waals surface area contributed by atoms with E-state index in [2.05, 4.69) is 49.5 Å². The van der Waals surface area contributed by atoms with Crippen molar-refractivity contribution in [3.8, 4) is 0 Å². The molecule has 1 aliphatic carbocycles. The lowest BCUT2D eigenvalue weighted by molar-refractivity contribution is 0.614. The zero-order valence-electron chi connectivity index (χ0n) is 14.7. The quantitative estimate of drug-likeness (QED) is 0.228. The Morgan fingerprint density at radius 2 is 1.50 bits per heavy atom. The normalized spacial score (nSPS) is 14.5. The van der Waals surface area contributed by atoms with Crippen molar-refractivity contribution in [1.82, 2.24) is 0 Å². The van der Waals surface area contributed by atoms with E-state index in [1.54, 1.807) is 5.57 Å². The highest BCUT2D eigenvalue weighted by atomic mass is 14.0. The lowest BCUT2D eigenvalue weighted by Crippen LogP contribution is -1.82. The molecule has 0 aromatic carbocycles. The van der Waals surface area contributed by atoms with Crippen molar-refractivity contribution >= 4 is 0 Å². The Hall–Kier alpha value is -1.04. The minimum Gasteiger partial charge on any atom is -0.0882 e. The van der Waals surface area contributed by atoms with Gasteiger partial charge in [0.25, 0.3) is 0 Å². The van der Waals surface area contributed by atoms with E-state index >= 15 is 0 Å². The summed E-state index contributed by atoms with van der Waals surface area (Å²) in [5.41, 5.74) is 1.63. The number of allylic oxidation sites excluding steroid dienone is 8. The fourth-order valence-corrected chi connectivity index (χ4v) is 2.84. The number of hydrogen-bond acceptors (Lipinski definition) is 0. The second-order valence-corrected chi connectivity index (χ2v) is 6.44. The van der Waals surface area contributed by atoms with Crippen LogP contribution in [0.25, 0.3) is 0 Å². The van der Waals surface area contributed by atoms with Crippen molar-refractivity contribution < 1.29 is 0 Å². The van der Waals surface area contributed by atoms with Gasteiger partial charge in [0, 0.05) is 0 Å². The smallest absolute Gasteiger partial charge is 0.0133 e. The molecule has 0 atom stereocenters. The SMILES string of the molecule is CCCCC/C=C\C/C=C\CCCCCCCC1=CC=CC1. The summed E-state index contributed by atoms with van der Waals surface area (Å²) in [5.74, 6) is 0. The lowest BCUT2D eigenvalue weighted by atomic mass is 10.0. The van der Waals surface area contributed by atoms with Gasteiger partial charge in [0.05, 0.1) is 0 Å². The highest BCUT2D eigenvalue weighted by Crippen LogP contribution is 2.18. The highest BCUT2D eigenvalue weighted by Gasteiger charge is 1.98. The topological polar surface area (TPSA) is 0 Å². The lowest BCUT2D eigenvalue weighted by Gasteiger charge is -2.02. The van der Waals surface area contributed by atoms with Gasteiger partial charge in [0.2, 0.25) is 0 Å². The third kappa shape index (κ3) is 11.6. The number of rotatable bonds is 14. The first-order valence-corrected chi connectivity index (χ1v) is 9.58. The van der Waals surface area contributed by atoms with Gasteiger partial charge in [-0.1, -0.05) is 87.1 Å². The van der Waals surface area contributed by atoms with E-state index < -0.39 is 0 Å². The van der Waals surface area contributed by atoms with Crippen LogP contribution in [0.4, 0.5) is 0 Å². The Kier molecular flexibility index (Phi) is 12.9. The van der Waals surface area contributed by atoms with E-state index in [1.807, 2.05) is 0 Å². The molecule has 0 saturated carbocycles. The fraction of sp³-hybridized carbons (Fsp3) is 0.636. The predicted molar refractivity (Wildman–Crippen MR) is 101 cm³/mol. The first kappa shape index (κ1) is 19.0. The van der Waals surface area contributed by atoms with Gasteiger partial charge in [0.1, 0.15) is 0 Å². The Bertz CT molecular complexity index is 354. The summed E-state index contributed by atoms with van der Waals surface area (Å²) in [6, 6.07) is 0. The molecule has 0 nitrogen and oxygen atoms in total. The van der Waals surface area contributed by atoms with Crippen LogP contribution in [0.3, 0.4) is 0 Å². The molecule has 0 radical (unpaired) electrons. The standard InChI is InChI=1S/C22H36/c1-2-3-4-5-6-7-8-9-10-11-12-13-14-15-16-19-22-20-17-18-21-22/h6-7,9-10,17-18,20H,2-5,8,11-16,19,21H2,1H3/b7-6-,10-9-. The molecule has 0 fully saturated rings. The predicted octanol–water partition coefficient (Wildman–Crippen LogP) is 7.69. The molecule has 0 heteroatoms. The largest absolute Gasteiger partial charge is 0.0882 e.